The second-order valence-corrected chi connectivity index (χ2v) is 5.64. The third-order valence-electron chi connectivity index (χ3n) is 4.08. The highest BCUT2D eigenvalue weighted by Crippen LogP contribution is 2.28. The van der Waals surface area contributed by atoms with Crippen molar-refractivity contribution in [2.75, 3.05) is 0 Å². The molecule has 1 aliphatic carbocycles. The van der Waals surface area contributed by atoms with E-state index in [0.717, 1.165) is 24.8 Å². The van der Waals surface area contributed by atoms with E-state index >= 15 is 0 Å². The van der Waals surface area contributed by atoms with Gasteiger partial charge >= 0.3 is 7.12 Å². The summed E-state index contributed by atoms with van der Waals surface area (Å²) in [6.45, 7) is 2.52. The van der Waals surface area contributed by atoms with Gasteiger partial charge in [0.2, 0.25) is 0 Å². The van der Waals surface area contributed by atoms with Crippen molar-refractivity contribution >= 4 is 12.6 Å². The maximum atomic E-state index is 13.4. The molecule has 1 aliphatic rings. The monoisotopic (exact) mass is 280 g/mol. The maximum Gasteiger partial charge on any atom is 0.488 e. The Kier molecular flexibility index (Phi) is 5.58. The van der Waals surface area contributed by atoms with Crippen molar-refractivity contribution in [1.29, 1.82) is 0 Å². The molecule has 0 heterocycles. The molecule has 1 aromatic carbocycles. The van der Waals surface area contributed by atoms with E-state index < -0.39 is 12.9 Å². The van der Waals surface area contributed by atoms with Crippen molar-refractivity contribution in [2.24, 2.45) is 5.92 Å². The van der Waals surface area contributed by atoms with Crippen LogP contribution >= 0.6 is 0 Å². The zero-order chi connectivity index (χ0) is 14.5. The average molecular weight is 280 g/mol. The quantitative estimate of drug-likeness (QED) is 0.811. The van der Waals surface area contributed by atoms with Crippen LogP contribution in [0, 0.1) is 11.7 Å². The van der Waals surface area contributed by atoms with Gasteiger partial charge in [0.15, 0.2) is 0 Å². The predicted molar refractivity (Wildman–Crippen MR) is 77.1 cm³/mol. The predicted octanol–water partition coefficient (Wildman–Crippen LogP) is 1.99. The van der Waals surface area contributed by atoms with Crippen molar-refractivity contribution in [1.82, 2.24) is 0 Å². The van der Waals surface area contributed by atoms with Gasteiger partial charge in [-0.15, -0.1) is 0 Å². The summed E-state index contributed by atoms with van der Waals surface area (Å²) in [4.78, 5) is 0. The van der Waals surface area contributed by atoms with E-state index in [4.69, 9.17) is 14.8 Å². The minimum atomic E-state index is -1.65. The summed E-state index contributed by atoms with van der Waals surface area (Å²) in [7, 11) is -1.65. The molecule has 1 aromatic rings. The van der Waals surface area contributed by atoms with E-state index in [0.29, 0.717) is 12.2 Å². The molecule has 1 fully saturated rings. The lowest BCUT2D eigenvalue weighted by Gasteiger charge is -2.28. The first-order valence-electron chi connectivity index (χ1n) is 7.35. The largest absolute Gasteiger partial charge is 0.488 e. The Bertz CT molecular complexity index is 439. The first kappa shape index (κ1) is 15.5. The molecule has 2 unspecified atom stereocenters. The summed E-state index contributed by atoms with van der Waals surface area (Å²) in [6.07, 6.45) is 6.01. The Morgan fingerprint density at radius 3 is 2.80 bits per heavy atom. The van der Waals surface area contributed by atoms with Gasteiger partial charge in [-0.25, -0.2) is 4.39 Å². The Labute approximate surface area is 119 Å². The standard InChI is InChI=1S/C15H22BFO3/c1-2-11-4-3-5-15(8-11)20-10-12-6-13(16(18)19)9-14(17)7-12/h6-7,9,11,15,18-19H,2-5,8,10H2,1H3. The Morgan fingerprint density at radius 2 is 2.10 bits per heavy atom. The van der Waals surface area contributed by atoms with Crippen molar-refractivity contribution in [3.8, 4) is 0 Å². The third kappa shape index (κ3) is 4.30. The molecule has 5 heteroatoms. The second-order valence-electron chi connectivity index (χ2n) is 5.64. The Hall–Kier alpha value is -0.905. The molecule has 1 saturated carbocycles. The van der Waals surface area contributed by atoms with Crippen molar-refractivity contribution in [3.05, 3.63) is 29.6 Å². The number of ether oxygens (including phenoxy) is 1. The fourth-order valence-corrected chi connectivity index (χ4v) is 2.89. The van der Waals surface area contributed by atoms with Crippen LogP contribution < -0.4 is 5.46 Å². The van der Waals surface area contributed by atoms with Crippen LogP contribution in [-0.4, -0.2) is 23.3 Å². The smallest absolute Gasteiger partial charge is 0.423 e. The highest BCUT2D eigenvalue weighted by Gasteiger charge is 2.21. The minimum absolute atomic E-state index is 0.165. The molecule has 0 saturated heterocycles. The van der Waals surface area contributed by atoms with Crippen molar-refractivity contribution < 1.29 is 19.2 Å². The zero-order valence-electron chi connectivity index (χ0n) is 11.9. The molecule has 0 aromatic heterocycles. The zero-order valence-corrected chi connectivity index (χ0v) is 11.9. The highest BCUT2D eigenvalue weighted by atomic mass is 19.1. The molecular formula is C15H22BFO3. The topological polar surface area (TPSA) is 49.7 Å². The summed E-state index contributed by atoms with van der Waals surface area (Å²) in [6, 6.07) is 4.09. The molecule has 0 spiro atoms. The van der Waals surface area contributed by atoms with E-state index in [1.165, 1.54) is 25.3 Å². The lowest BCUT2D eigenvalue weighted by molar-refractivity contribution is 0.00170. The second kappa shape index (κ2) is 7.20. The highest BCUT2D eigenvalue weighted by molar-refractivity contribution is 6.58. The van der Waals surface area contributed by atoms with E-state index in [2.05, 4.69) is 6.92 Å². The number of rotatable bonds is 5. The summed E-state index contributed by atoms with van der Waals surface area (Å²) in [5, 5.41) is 18.2. The van der Waals surface area contributed by atoms with Gasteiger partial charge < -0.3 is 14.8 Å². The van der Waals surface area contributed by atoms with Gasteiger partial charge in [0.25, 0.3) is 0 Å². The van der Waals surface area contributed by atoms with Crippen LogP contribution in [0.5, 0.6) is 0 Å². The number of benzene rings is 1. The van der Waals surface area contributed by atoms with Crippen LogP contribution in [-0.2, 0) is 11.3 Å². The van der Waals surface area contributed by atoms with E-state index in [1.807, 2.05) is 0 Å². The molecule has 2 atom stereocenters. The van der Waals surface area contributed by atoms with Crippen LogP contribution in [0.2, 0.25) is 0 Å². The van der Waals surface area contributed by atoms with Gasteiger partial charge in [-0.2, -0.15) is 0 Å². The van der Waals surface area contributed by atoms with Gasteiger partial charge in [-0.3, -0.25) is 0 Å². The maximum absolute atomic E-state index is 13.4. The molecule has 3 nitrogen and oxygen atoms in total. The number of halogens is 1. The van der Waals surface area contributed by atoms with Crippen LogP contribution in [0.25, 0.3) is 0 Å². The first-order valence-corrected chi connectivity index (χ1v) is 7.35. The molecule has 2 N–H and O–H groups in total. The van der Waals surface area contributed by atoms with Crippen LogP contribution in [0.3, 0.4) is 0 Å². The van der Waals surface area contributed by atoms with Crippen molar-refractivity contribution in [2.45, 2.75) is 51.7 Å². The summed E-state index contributed by atoms with van der Waals surface area (Å²) in [5.74, 6) is 0.264. The van der Waals surface area contributed by atoms with Crippen LogP contribution in [0.1, 0.15) is 44.6 Å². The minimum Gasteiger partial charge on any atom is -0.423 e. The molecule has 0 amide bonds. The Morgan fingerprint density at radius 1 is 1.30 bits per heavy atom. The molecule has 0 aliphatic heterocycles. The summed E-state index contributed by atoms with van der Waals surface area (Å²) < 4.78 is 19.3. The first-order chi connectivity index (χ1) is 9.58. The fraction of sp³-hybridized carbons (Fsp3) is 0.600. The lowest BCUT2D eigenvalue weighted by atomic mass is 9.79. The molecule has 0 bridgehead atoms. The summed E-state index contributed by atoms with van der Waals surface area (Å²) in [5.41, 5.74) is 0.811. The summed E-state index contributed by atoms with van der Waals surface area (Å²) >= 11 is 0. The molecule has 20 heavy (non-hydrogen) atoms. The van der Waals surface area contributed by atoms with Gasteiger partial charge in [-0.05, 0) is 41.9 Å². The van der Waals surface area contributed by atoms with E-state index in [9.17, 15) is 4.39 Å². The van der Waals surface area contributed by atoms with Crippen molar-refractivity contribution in [3.63, 3.8) is 0 Å². The number of hydrogen-bond donors (Lipinski definition) is 2. The molecule has 110 valence electrons. The normalized spacial score (nSPS) is 22.8. The number of hydrogen-bond acceptors (Lipinski definition) is 3. The average Bonchev–Trinajstić information content (AvgIpc) is 2.44. The lowest BCUT2D eigenvalue weighted by Crippen LogP contribution is -2.30. The van der Waals surface area contributed by atoms with E-state index in [-0.39, 0.29) is 11.6 Å². The van der Waals surface area contributed by atoms with Crippen LogP contribution in [0.15, 0.2) is 18.2 Å². The molecular weight excluding hydrogens is 258 g/mol. The molecule has 2 rings (SSSR count). The van der Waals surface area contributed by atoms with Gasteiger partial charge in [-0.1, -0.05) is 32.3 Å². The third-order valence-corrected chi connectivity index (χ3v) is 4.08. The SMILES string of the molecule is CCC1CCCC(OCc2cc(F)cc(B(O)O)c2)C1. The van der Waals surface area contributed by atoms with Gasteiger partial charge in [0.05, 0.1) is 12.7 Å². The van der Waals surface area contributed by atoms with E-state index in [1.54, 1.807) is 6.07 Å². The van der Waals surface area contributed by atoms with Gasteiger partial charge in [0, 0.05) is 0 Å². The van der Waals surface area contributed by atoms with Gasteiger partial charge in [0.1, 0.15) is 5.82 Å². The fourth-order valence-electron chi connectivity index (χ4n) is 2.89. The molecule has 0 radical (unpaired) electrons. The Balaban J connectivity index is 1.93. The van der Waals surface area contributed by atoms with Crippen LogP contribution in [0.4, 0.5) is 4.39 Å².